The van der Waals surface area contributed by atoms with Gasteiger partial charge >= 0.3 is 0 Å². The molecule has 2 heterocycles. The third-order valence-electron chi connectivity index (χ3n) is 3.69. The van der Waals surface area contributed by atoms with Crippen LogP contribution < -0.4 is 5.73 Å². The van der Waals surface area contributed by atoms with E-state index in [1.54, 1.807) is 4.90 Å². The van der Waals surface area contributed by atoms with Crippen molar-refractivity contribution in [3.05, 3.63) is 34.4 Å². The molecule has 3 rings (SSSR count). The van der Waals surface area contributed by atoms with Crippen molar-refractivity contribution >= 4 is 38.6 Å². The number of carbonyl (C=O) groups is 2. The summed E-state index contributed by atoms with van der Waals surface area (Å²) in [5.41, 5.74) is 6.75. The first-order valence-electron chi connectivity index (χ1n) is 6.41. The largest absolute Gasteiger partial charge is 0.369 e. The van der Waals surface area contributed by atoms with Crippen LogP contribution in [0.15, 0.2) is 28.7 Å². The lowest BCUT2D eigenvalue weighted by atomic mass is 10.1. The first kappa shape index (κ1) is 13.2. The number of rotatable bonds is 2. The summed E-state index contributed by atoms with van der Waals surface area (Å²) in [6.07, 6.45) is 0.646. The standard InChI is InChI=1S/C14H14BrN3O2/c15-10-1-2-11-9(5-10)6-12(17-11)14(20)18-4-3-8(7-18)13(16)19/h1-2,5-6,8,17H,3-4,7H2,(H2,16,19)/t8-/m0/s1. The van der Waals surface area contributed by atoms with Crippen LogP contribution in [0.3, 0.4) is 0 Å². The molecular weight excluding hydrogens is 322 g/mol. The fourth-order valence-electron chi connectivity index (χ4n) is 2.57. The Balaban J connectivity index is 1.84. The van der Waals surface area contributed by atoms with Crippen LogP contribution in [-0.4, -0.2) is 34.8 Å². The third-order valence-corrected chi connectivity index (χ3v) is 4.18. The van der Waals surface area contributed by atoms with Gasteiger partial charge in [0.2, 0.25) is 5.91 Å². The smallest absolute Gasteiger partial charge is 0.270 e. The van der Waals surface area contributed by atoms with Gasteiger partial charge in [0.15, 0.2) is 0 Å². The summed E-state index contributed by atoms with van der Waals surface area (Å²) in [7, 11) is 0. The fraction of sp³-hybridized carbons (Fsp3) is 0.286. The predicted molar refractivity (Wildman–Crippen MR) is 79.2 cm³/mol. The van der Waals surface area contributed by atoms with E-state index in [9.17, 15) is 9.59 Å². The summed E-state index contributed by atoms with van der Waals surface area (Å²) >= 11 is 3.41. The zero-order valence-corrected chi connectivity index (χ0v) is 12.3. The van der Waals surface area contributed by atoms with Crippen LogP contribution in [0.4, 0.5) is 0 Å². The van der Waals surface area contributed by atoms with Gasteiger partial charge in [0.1, 0.15) is 5.69 Å². The molecule has 1 fully saturated rings. The monoisotopic (exact) mass is 335 g/mol. The Morgan fingerprint density at radius 3 is 2.85 bits per heavy atom. The van der Waals surface area contributed by atoms with Gasteiger partial charge in [0.05, 0.1) is 5.92 Å². The quantitative estimate of drug-likeness (QED) is 0.878. The Bertz CT molecular complexity index is 695. The summed E-state index contributed by atoms with van der Waals surface area (Å²) < 4.78 is 0.970. The number of nitrogens with two attached hydrogens (primary N) is 1. The molecule has 1 saturated heterocycles. The number of aromatic nitrogens is 1. The highest BCUT2D eigenvalue weighted by molar-refractivity contribution is 9.10. The Morgan fingerprint density at radius 2 is 2.15 bits per heavy atom. The van der Waals surface area contributed by atoms with Gasteiger partial charge in [-0.15, -0.1) is 0 Å². The number of hydrogen-bond donors (Lipinski definition) is 2. The molecule has 0 radical (unpaired) electrons. The number of nitrogens with zero attached hydrogens (tertiary/aromatic N) is 1. The van der Waals surface area contributed by atoms with Crippen LogP contribution in [0.5, 0.6) is 0 Å². The Morgan fingerprint density at radius 1 is 1.35 bits per heavy atom. The highest BCUT2D eigenvalue weighted by atomic mass is 79.9. The number of fused-ring (bicyclic) bond motifs is 1. The molecule has 0 spiro atoms. The van der Waals surface area contributed by atoms with Crippen LogP contribution in [0.25, 0.3) is 10.9 Å². The zero-order chi connectivity index (χ0) is 14.3. The van der Waals surface area contributed by atoms with Gasteiger partial charge < -0.3 is 15.6 Å². The van der Waals surface area contributed by atoms with Crippen molar-refractivity contribution < 1.29 is 9.59 Å². The number of benzene rings is 1. The highest BCUT2D eigenvalue weighted by Crippen LogP contribution is 2.23. The van der Waals surface area contributed by atoms with Crippen molar-refractivity contribution in [3.8, 4) is 0 Å². The van der Waals surface area contributed by atoms with Crippen LogP contribution in [0.2, 0.25) is 0 Å². The summed E-state index contributed by atoms with van der Waals surface area (Å²) in [6.45, 7) is 0.985. The minimum atomic E-state index is -0.333. The van der Waals surface area contributed by atoms with E-state index in [1.165, 1.54) is 0 Å². The molecule has 0 unspecified atom stereocenters. The summed E-state index contributed by atoms with van der Waals surface area (Å²) in [5, 5.41) is 0.980. The molecular formula is C14H14BrN3O2. The summed E-state index contributed by atoms with van der Waals surface area (Å²) in [4.78, 5) is 28.3. The number of amides is 2. The van der Waals surface area contributed by atoms with Crippen molar-refractivity contribution in [2.24, 2.45) is 11.7 Å². The lowest BCUT2D eigenvalue weighted by Gasteiger charge is -2.14. The molecule has 20 heavy (non-hydrogen) atoms. The van der Waals surface area contributed by atoms with E-state index in [2.05, 4.69) is 20.9 Å². The minimum Gasteiger partial charge on any atom is -0.369 e. The van der Waals surface area contributed by atoms with Crippen LogP contribution in [-0.2, 0) is 4.79 Å². The Labute approximate surface area is 124 Å². The first-order chi connectivity index (χ1) is 9.54. The van der Waals surface area contributed by atoms with E-state index in [0.29, 0.717) is 25.2 Å². The van der Waals surface area contributed by atoms with Crippen molar-refractivity contribution in [1.29, 1.82) is 0 Å². The average molecular weight is 336 g/mol. The molecule has 2 aromatic rings. The third kappa shape index (κ3) is 2.31. The molecule has 6 heteroatoms. The molecule has 3 N–H and O–H groups in total. The van der Waals surface area contributed by atoms with E-state index < -0.39 is 0 Å². The lowest BCUT2D eigenvalue weighted by Crippen LogP contribution is -2.31. The molecule has 104 valence electrons. The number of likely N-dealkylation sites (tertiary alicyclic amines) is 1. The number of aromatic amines is 1. The predicted octanol–water partition coefficient (Wildman–Crippen LogP) is 1.88. The Hall–Kier alpha value is -1.82. The minimum absolute atomic E-state index is 0.0823. The van der Waals surface area contributed by atoms with E-state index in [4.69, 9.17) is 5.73 Å². The number of primary amides is 1. The van der Waals surface area contributed by atoms with Crippen molar-refractivity contribution in [2.75, 3.05) is 13.1 Å². The maximum atomic E-state index is 12.4. The van der Waals surface area contributed by atoms with Crippen LogP contribution in [0, 0.1) is 5.92 Å². The maximum Gasteiger partial charge on any atom is 0.270 e. The average Bonchev–Trinajstić information content (AvgIpc) is 3.03. The SMILES string of the molecule is NC(=O)[C@H]1CCN(C(=O)c2cc3cc(Br)ccc3[nH]2)C1. The topological polar surface area (TPSA) is 79.2 Å². The van der Waals surface area contributed by atoms with E-state index in [1.807, 2.05) is 24.3 Å². The van der Waals surface area contributed by atoms with Gasteiger partial charge in [-0.1, -0.05) is 15.9 Å². The van der Waals surface area contributed by atoms with Crippen molar-refractivity contribution in [2.45, 2.75) is 6.42 Å². The van der Waals surface area contributed by atoms with E-state index in [-0.39, 0.29) is 17.7 Å². The number of halogens is 1. The second-order valence-corrected chi connectivity index (χ2v) is 5.97. The van der Waals surface area contributed by atoms with Gasteiger partial charge in [0, 0.05) is 28.5 Å². The fourth-order valence-corrected chi connectivity index (χ4v) is 2.94. The molecule has 1 aliphatic heterocycles. The number of nitrogens with one attached hydrogen (secondary N) is 1. The molecule has 1 atom stereocenters. The van der Waals surface area contributed by atoms with Gasteiger partial charge in [-0.3, -0.25) is 9.59 Å². The van der Waals surface area contributed by atoms with Gasteiger partial charge in [0.25, 0.3) is 5.91 Å². The van der Waals surface area contributed by atoms with E-state index in [0.717, 1.165) is 15.4 Å². The first-order valence-corrected chi connectivity index (χ1v) is 7.21. The number of hydrogen-bond acceptors (Lipinski definition) is 2. The molecule has 1 aromatic heterocycles. The summed E-state index contributed by atoms with van der Waals surface area (Å²) in [5.74, 6) is -0.639. The molecule has 0 bridgehead atoms. The van der Waals surface area contributed by atoms with E-state index >= 15 is 0 Å². The lowest BCUT2D eigenvalue weighted by molar-refractivity contribution is -0.121. The Kier molecular flexibility index (Phi) is 3.25. The highest BCUT2D eigenvalue weighted by Gasteiger charge is 2.30. The van der Waals surface area contributed by atoms with Crippen LogP contribution >= 0.6 is 15.9 Å². The molecule has 1 aromatic carbocycles. The molecule has 5 nitrogen and oxygen atoms in total. The van der Waals surface area contributed by atoms with Crippen molar-refractivity contribution in [3.63, 3.8) is 0 Å². The van der Waals surface area contributed by atoms with Gasteiger partial charge in [-0.05, 0) is 30.7 Å². The maximum absolute atomic E-state index is 12.4. The van der Waals surface area contributed by atoms with Gasteiger partial charge in [-0.25, -0.2) is 0 Å². The zero-order valence-electron chi connectivity index (χ0n) is 10.7. The number of H-pyrrole nitrogens is 1. The second kappa shape index (κ2) is 4.94. The summed E-state index contributed by atoms with van der Waals surface area (Å²) in [6, 6.07) is 7.64. The van der Waals surface area contributed by atoms with Gasteiger partial charge in [-0.2, -0.15) is 0 Å². The van der Waals surface area contributed by atoms with Crippen LogP contribution in [0.1, 0.15) is 16.9 Å². The molecule has 0 aliphatic carbocycles. The van der Waals surface area contributed by atoms with Crippen molar-refractivity contribution in [1.82, 2.24) is 9.88 Å². The second-order valence-electron chi connectivity index (χ2n) is 5.05. The number of carbonyl (C=O) groups excluding carboxylic acids is 2. The molecule has 2 amide bonds. The normalized spacial score (nSPS) is 18.6. The molecule has 1 aliphatic rings. The molecule has 0 saturated carbocycles.